The van der Waals surface area contributed by atoms with Crippen molar-refractivity contribution in [2.75, 3.05) is 43.1 Å². The van der Waals surface area contributed by atoms with Crippen molar-refractivity contribution in [3.63, 3.8) is 0 Å². The van der Waals surface area contributed by atoms with E-state index in [2.05, 4.69) is 20.6 Å². The predicted octanol–water partition coefficient (Wildman–Crippen LogP) is 1.78. The molecule has 1 aromatic heterocycles. The number of cyclic esters (lactones) is 1. The van der Waals surface area contributed by atoms with Crippen molar-refractivity contribution in [1.29, 1.82) is 0 Å². The van der Waals surface area contributed by atoms with Crippen LogP contribution in [-0.4, -0.2) is 66.5 Å². The zero-order valence-electron chi connectivity index (χ0n) is 20.9. The lowest BCUT2D eigenvalue weighted by Gasteiger charge is -2.19. The molecule has 0 spiro atoms. The summed E-state index contributed by atoms with van der Waals surface area (Å²) in [5, 5.41) is 5.99. The molecular formula is C25H31FN6O5. The molecule has 4 N–H and O–H groups in total. The first kappa shape index (κ1) is 25.2. The molecule has 2 aliphatic heterocycles. The summed E-state index contributed by atoms with van der Waals surface area (Å²) in [4.78, 5) is 33.7. The Kier molecular flexibility index (Phi) is 6.86. The van der Waals surface area contributed by atoms with Crippen LogP contribution in [-0.2, 0) is 22.4 Å². The molecule has 0 radical (unpaired) electrons. The van der Waals surface area contributed by atoms with Crippen molar-refractivity contribution in [3.8, 4) is 11.6 Å². The second-order valence-electron chi connectivity index (χ2n) is 10.4. The Morgan fingerprint density at radius 2 is 2.16 bits per heavy atom. The van der Waals surface area contributed by atoms with E-state index >= 15 is 0 Å². The van der Waals surface area contributed by atoms with Gasteiger partial charge in [-0.3, -0.25) is 9.69 Å². The van der Waals surface area contributed by atoms with E-state index in [0.29, 0.717) is 38.3 Å². The zero-order valence-corrected chi connectivity index (χ0v) is 20.9. The zero-order chi connectivity index (χ0) is 26.2. The van der Waals surface area contributed by atoms with Gasteiger partial charge >= 0.3 is 6.09 Å². The first-order chi connectivity index (χ1) is 17.6. The van der Waals surface area contributed by atoms with E-state index < -0.39 is 11.6 Å². The van der Waals surface area contributed by atoms with Crippen LogP contribution in [0, 0.1) is 11.7 Å². The highest BCUT2D eigenvalue weighted by Gasteiger charge is 2.34. The van der Waals surface area contributed by atoms with Crippen molar-refractivity contribution in [2.24, 2.45) is 11.7 Å². The van der Waals surface area contributed by atoms with Crippen molar-refractivity contribution in [2.45, 2.75) is 44.8 Å². The predicted molar refractivity (Wildman–Crippen MR) is 132 cm³/mol. The molecule has 5 rings (SSSR count). The maximum Gasteiger partial charge on any atom is 0.415 e. The minimum Gasteiger partial charge on any atom is -0.492 e. The first-order valence-electron chi connectivity index (χ1n) is 12.4. The van der Waals surface area contributed by atoms with Gasteiger partial charge in [0.1, 0.15) is 24.3 Å². The highest BCUT2D eigenvalue weighted by Crippen LogP contribution is 2.32. The number of nitrogens with one attached hydrogen (secondary N) is 2. The number of hydrogen-bond donors (Lipinski definition) is 3. The van der Waals surface area contributed by atoms with Gasteiger partial charge in [0.05, 0.1) is 12.7 Å². The van der Waals surface area contributed by atoms with Gasteiger partial charge in [-0.15, -0.1) is 0 Å². The van der Waals surface area contributed by atoms with Gasteiger partial charge in [0.25, 0.3) is 11.8 Å². The van der Waals surface area contributed by atoms with E-state index in [1.54, 1.807) is 0 Å². The van der Waals surface area contributed by atoms with E-state index in [1.807, 2.05) is 19.9 Å². The van der Waals surface area contributed by atoms with Crippen LogP contribution in [0.2, 0.25) is 0 Å². The van der Waals surface area contributed by atoms with Crippen LogP contribution in [0.5, 0.6) is 11.6 Å². The molecule has 3 heterocycles. The SMILES string of the molecule is CC(C)(N)COc1cc(F)c2c(c1)CC(CNCC[C@@H]1CN(c3cnc4c(n3)NC(=O)CO4)C(=O)O1)C2. The van der Waals surface area contributed by atoms with Crippen molar-refractivity contribution < 1.29 is 28.2 Å². The van der Waals surface area contributed by atoms with E-state index in [1.165, 1.54) is 17.2 Å². The Morgan fingerprint density at radius 1 is 1.32 bits per heavy atom. The number of nitrogens with zero attached hydrogens (tertiary/aromatic N) is 3. The molecule has 11 nitrogen and oxygen atoms in total. The number of benzene rings is 1. The molecule has 2 amide bonds. The number of carbonyl (C=O) groups is 2. The van der Waals surface area contributed by atoms with Gasteiger partial charge < -0.3 is 30.6 Å². The van der Waals surface area contributed by atoms with Crippen LogP contribution in [0.4, 0.5) is 20.8 Å². The van der Waals surface area contributed by atoms with Gasteiger partial charge in [0.15, 0.2) is 18.2 Å². The Bertz CT molecular complexity index is 1200. The van der Waals surface area contributed by atoms with Crippen LogP contribution >= 0.6 is 0 Å². The Labute approximate surface area is 213 Å². The fourth-order valence-electron chi connectivity index (χ4n) is 4.66. The summed E-state index contributed by atoms with van der Waals surface area (Å²) in [7, 11) is 0. The number of ether oxygens (including phenoxy) is 3. The number of rotatable bonds is 9. The molecule has 0 saturated carbocycles. The molecule has 198 valence electrons. The highest BCUT2D eigenvalue weighted by molar-refractivity contribution is 5.94. The van der Waals surface area contributed by atoms with Gasteiger partial charge in [-0.25, -0.2) is 19.2 Å². The van der Waals surface area contributed by atoms with E-state index in [9.17, 15) is 14.0 Å². The minimum atomic E-state index is -0.514. The molecule has 2 aromatic rings. The molecule has 0 bridgehead atoms. The second-order valence-corrected chi connectivity index (χ2v) is 10.4. The lowest BCUT2D eigenvalue weighted by atomic mass is 10.1. The lowest BCUT2D eigenvalue weighted by molar-refractivity contribution is -0.118. The molecule has 1 saturated heterocycles. The number of carbonyl (C=O) groups excluding carboxylic acids is 2. The number of aromatic nitrogens is 2. The third kappa shape index (κ3) is 5.91. The van der Waals surface area contributed by atoms with Gasteiger partial charge in [-0.2, -0.15) is 0 Å². The minimum absolute atomic E-state index is 0.119. The van der Waals surface area contributed by atoms with Gasteiger partial charge in [-0.1, -0.05) is 0 Å². The molecular weight excluding hydrogens is 483 g/mol. The van der Waals surface area contributed by atoms with Crippen molar-refractivity contribution >= 4 is 23.6 Å². The third-order valence-corrected chi connectivity index (χ3v) is 6.42. The standard InChI is InChI=1S/C25H31FN6O5/c1-25(2,27)13-36-17-7-15-5-14(6-18(15)19(26)8-17)9-28-4-3-16-11-32(24(34)37-16)20-10-29-23-22(30-20)31-21(33)12-35-23/h7-8,10,14,16,28H,3-6,9,11-13,27H2,1-2H3,(H,30,31,33)/t14?,16-/m1/s1. The van der Waals surface area contributed by atoms with E-state index in [0.717, 1.165) is 24.1 Å². The summed E-state index contributed by atoms with van der Waals surface area (Å²) in [5.74, 6) is 0.903. The molecule has 2 atom stereocenters. The third-order valence-electron chi connectivity index (χ3n) is 6.42. The highest BCUT2D eigenvalue weighted by atomic mass is 19.1. The quantitative estimate of drug-likeness (QED) is 0.427. The summed E-state index contributed by atoms with van der Waals surface area (Å²) in [5.41, 5.74) is 7.20. The van der Waals surface area contributed by atoms with E-state index in [-0.39, 0.29) is 47.9 Å². The molecule has 1 aliphatic carbocycles. The number of halogens is 1. The number of anilines is 2. The van der Waals surface area contributed by atoms with Gasteiger partial charge in [0, 0.05) is 11.6 Å². The maximum atomic E-state index is 14.6. The average molecular weight is 515 g/mol. The molecule has 1 fully saturated rings. The molecule has 37 heavy (non-hydrogen) atoms. The van der Waals surface area contributed by atoms with Crippen LogP contribution < -0.4 is 30.7 Å². The maximum absolute atomic E-state index is 14.6. The first-order valence-corrected chi connectivity index (χ1v) is 12.4. The second kappa shape index (κ2) is 10.1. The summed E-state index contributed by atoms with van der Waals surface area (Å²) < 4.78 is 31.0. The summed E-state index contributed by atoms with van der Waals surface area (Å²) in [6.07, 6.45) is 2.64. The van der Waals surface area contributed by atoms with Gasteiger partial charge in [0.2, 0.25) is 0 Å². The van der Waals surface area contributed by atoms with Crippen molar-refractivity contribution in [1.82, 2.24) is 15.3 Å². The topological polar surface area (TPSA) is 141 Å². The number of hydrogen-bond acceptors (Lipinski definition) is 9. The molecule has 1 aromatic carbocycles. The molecule has 12 heteroatoms. The van der Waals surface area contributed by atoms with Gasteiger partial charge in [-0.05, 0) is 69.3 Å². The Hall–Kier alpha value is -3.51. The van der Waals surface area contributed by atoms with Crippen LogP contribution in [0.1, 0.15) is 31.4 Å². The normalized spacial score (nSPS) is 20.7. The van der Waals surface area contributed by atoms with Crippen LogP contribution in [0.3, 0.4) is 0 Å². The molecule has 1 unspecified atom stereocenters. The number of amides is 2. The largest absolute Gasteiger partial charge is 0.492 e. The number of fused-ring (bicyclic) bond motifs is 2. The Morgan fingerprint density at radius 3 is 2.97 bits per heavy atom. The fourth-order valence-corrected chi connectivity index (χ4v) is 4.66. The average Bonchev–Trinajstić information content (AvgIpc) is 3.43. The smallest absolute Gasteiger partial charge is 0.415 e. The summed E-state index contributed by atoms with van der Waals surface area (Å²) in [6.45, 7) is 5.60. The van der Waals surface area contributed by atoms with Crippen LogP contribution in [0.25, 0.3) is 0 Å². The van der Waals surface area contributed by atoms with Crippen molar-refractivity contribution in [3.05, 3.63) is 35.3 Å². The monoisotopic (exact) mass is 514 g/mol. The van der Waals surface area contributed by atoms with E-state index in [4.69, 9.17) is 19.9 Å². The summed E-state index contributed by atoms with van der Waals surface area (Å²) in [6, 6.07) is 3.35. The lowest BCUT2D eigenvalue weighted by Crippen LogP contribution is -2.38. The Balaban J connectivity index is 1.08. The van der Waals surface area contributed by atoms with Crippen LogP contribution in [0.15, 0.2) is 18.3 Å². The molecule has 3 aliphatic rings. The fraction of sp³-hybridized carbons (Fsp3) is 0.520. The summed E-state index contributed by atoms with van der Waals surface area (Å²) >= 11 is 0. The number of nitrogens with two attached hydrogens (primary N) is 1.